The molecule has 0 saturated carbocycles. The van der Waals surface area contributed by atoms with Gasteiger partial charge in [0.15, 0.2) is 0 Å². The normalized spacial score (nSPS) is 12.2. The van der Waals surface area contributed by atoms with Gasteiger partial charge in [0.05, 0.1) is 5.69 Å². The predicted molar refractivity (Wildman–Crippen MR) is 81.1 cm³/mol. The van der Waals surface area contributed by atoms with E-state index in [4.69, 9.17) is 22.1 Å². The van der Waals surface area contributed by atoms with Crippen LogP contribution in [-0.4, -0.2) is 0 Å². The summed E-state index contributed by atoms with van der Waals surface area (Å²) in [5.41, 5.74) is 7.72. The zero-order chi connectivity index (χ0) is 13.8. The van der Waals surface area contributed by atoms with Crippen molar-refractivity contribution < 1.29 is 4.74 Å². The number of anilines is 1. The summed E-state index contributed by atoms with van der Waals surface area (Å²) in [7, 11) is 0. The van der Waals surface area contributed by atoms with Gasteiger partial charge < -0.3 is 10.5 Å². The van der Waals surface area contributed by atoms with Gasteiger partial charge >= 0.3 is 0 Å². The molecule has 2 N–H and O–H groups in total. The fourth-order valence-corrected chi connectivity index (χ4v) is 2.02. The minimum atomic E-state index is 0.540. The Kier molecular flexibility index (Phi) is 4.33. The van der Waals surface area contributed by atoms with E-state index >= 15 is 0 Å². The molecule has 0 spiro atoms. The molecule has 2 aromatic carbocycles. The zero-order valence-corrected chi connectivity index (χ0v) is 11.9. The fraction of sp³-hybridized carbons (Fsp3) is 0.250. The van der Waals surface area contributed by atoms with E-state index < -0.39 is 0 Å². The summed E-state index contributed by atoms with van der Waals surface area (Å²) >= 11 is 5.86. The first-order valence-electron chi connectivity index (χ1n) is 6.43. The Morgan fingerprint density at radius 3 is 2.42 bits per heavy atom. The summed E-state index contributed by atoms with van der Waals surface area (Å²) in [6.45, 7) is 4.40. The van der Waals surface area contributed by atoms with Crippen molar-refractivity contribution in [2.24, 2.45) is 0 Å². The summed E-state index contributed by atoms with van der Waals surface area (Å²) in [5.74, 6) is 1.97. The van der Waals surface area contributed by atoms with Crippen LogP contribution in [-0.2, 0) is 0 Å². The Balaban J connectivity index is 2.15. The molecule has 2 aromatic rings. The lowest BCUT2D eigenvalue weighted by molar-refractivity contribution is 0.484. The van der Waals surface area contributed by atoms with E-state index in [1.807, 2.05) is 12.1 Å². The molecule has 100 valence electrons. The molecule has 0 aliphatic carbocycles. The van der Waals surface area contributed by atoms with Crippen molar-refractivity contribution in [3.8, 4) is 11.5 Å². The molecule has 0 saturated heterocycles. The zero-order valence-electron chi connectivity index (χ0n) is 11.2. The Hall–Kier alpha value is -1.67. The Bertz CT molecular complexity index is 551. The molecule has 2 rings (SSSR count). The quantitative estimate of drug-likeness (QED) is 0.776. The molecule has 3 heteroatoms. The maximum atomic E-state index is 5.86. The summed E-state index contributed by atoms with van der Waals surface area (Å²) in [6.07, 6.45) is 1.13. The van der Waals surface area contributed by atoms with E-state index in [0.717, 1.165) is 12.2 Å². The molecule has 19 heavy (non-hydrogen) atoms. The van der Waals surface area contributed by atoms with Gasteiger partial charge in [0.25, 0.3) is 0 Å². The largest absolute Gasteiger partial charge is 0.455 e. The van der Waals surface area contributed by atoms with Gasteiger partial charge in [-0.25, -0.2) is 0 Å². The second-order valence-electron chi connectivity index (χ2n) is 4.66. The van der Waals surface area contributed by atoms with Crippen molar-refractivity contribution in [1.82, 2.24) is 0 Å². The van der Waals surface area contributed by atoms with E-state index in [0.29, 0.717) is 22.4 Å². The van der Waals surface area contributed by atoms with Gasteiger partial charge in [0, 0.05) is 5.02 Å². The number of hydrogen-bond acceptors (Lipinski definition) is 2. The first-order valence-corrected chi connectivity index (χ1v) is 6.80. The molecule has 0 aliphatic rings. The number of hydrogen-bond donors (Lipinski definition) is 1. The lowest BCUT2D eigenvalue weighted by atomic mass is 9.99. The predicted octanol–water partition coefficient (Wildman–Crippen LogP) is 5.23. The van der Waals surface area contributed by atoms with Gasteiger partial charge in [-0.3, -0.25) is 0 Å². The van der Waals surface area contributed by atoms with Crippen LogP contribution < -0.4 is 10.5 Å². The van der Waals surface area contributed by atoms with Gasteiger partial charge in [-0.1, -0.05) is 37.6 Å². The monoisotopic (exact) mass is 275 g/mol. The lowest BCUT2D eigenvalue weighted by Gasteiger charge is -2.11. The average Bonchev–Trinajstić information content (AvgIpc) is 2.42. The van der Waals surface area contributed by atoms with E-state index in [1.54, 1.807) is 18.2 Å². The second-order valence-corrected chi connectivity index (χ2v) is 5.10. The summed E-state index contributed by atoms with van der Waals surface area (Å²) in [5, 5.41) is 0.608. The molecule has 1 atom stereocenters. The van der Waals surface area contributed by atoms with Gasteiger partial charge in [-0.05, 0) is 48.2 Å². The highest BCUT2D eigenvalue weighted by atomic mass is 35.5. The van der Waals surface area contributed by atoms with E-state index in [9.17, 15) is 0 Å². The highest BCUT2D eigenvalue weighted by Gasteiger charge is 2.05. The molecule has 0 amide bonds. The SMILES string of the molecule is CC[C@H](C)c1ccc(Oc2ccc(Cl)cc2N)cc1. The summed E-state index contributed by atoms with van der Waals surface area (Å²) in [4.78, 5) is 0. The molecular weight excluding hydrogens is 258 g/mol. The molecule has 0 heterocycles. The number of benzene rings is 2. The van der Waals surface area contributed by atoms with Crippen LogP contribution in [0.1, 0.15) is 31.7 Å². The summed E-state index contributed by atoms with van der Waals surface area (Å²) in [6, 6.07) is 13.3. The third-order valence-corrected chi connectivity index (χ3v) is 3.50. The lowest BCUT2D eigenvalue weighted by Crippen LogP contribution is -1.93. The Morgan fingerprint density at radius 1 is 1.16 bits per heavy atom. The van der Waals surface area contributed by atoms with Crippen LogP contribution in [0.15, 0.2) is 42.5 Å². The van der Waals surface area contributed by atoms with Crippen LogP contribution in [0.4, 0.5) is 5.69 Å². The molecule has 0 aliphatic heterocycles. The third-order valence-electron chi connectivity index (χ3n) is 3.26. The van der Waals surface area contributed by atoms with Crippen molar-refractivity contribution >= 4 is 17.3 Å². The molecule has 0 radical (unpaired) electrons. The van der Waals surface area contributed by atoms with Gasteiger partial charge in [-0.15, -0.1) is 0 Å². The van der Waals surface area contributed by atoms with Gasteiger partial charge in [0.2, 0.25) is 0 Å². The van der Waals surface area contributed by atoms with Crippen LogP contribution in [0, 0.1) is 0 Å². The maximum absolute atomic E-state index is 5.86. The molecular formula is C16H18ClNO. The maximum Gasteiger partial charge on any atom is 0.150 e. The number of ether oxygens (including phenoxy) is 1. The first kappa shape index (κ1) is 13.8. The number of nitrogens with two attached hydrogens (primary N) is 1. The van der Waals surface area contributed by atoms with Crippen LogP contribution in [0.5, 0.6) is 11.5 Å². The number of halogens is 1. The Morgan fingerprint density at radius 2 is 1.84 bits per heavy atom. The highest BCUT2D eigenvalue weighted by molar-refractivity contribution is 6.30. The van der Waals surface area contributed by atoms with Crippen molar-refractivity contribution in [2.75, 3.05) is 5.73 Å². The van der Waals surface area contributed by atoms with Crippen molar-refractivity contribution in [1.29, 1.82) is 0 Å². The molecule has 0 fully saturated rings. The minimum absolute atomic E-state index is 0.540. The number of nitrogen functional groups attached to an aromatic ring is 1. The fourth-order valence-electron chi connectivity index (χ4n) is 1.84. The van der Waals surface area contributed by atoms with Crippen LogP contribution >= 0.6 is 11.6 Å². The van der Waals surface area contributed by atoms with Crippen molar-refractivity contribution in [3.05, 3.63) is 53.1 Å². The molecule has 0 aromatic heterocycles. The smallest absolute Gasteiger partial charge is 0.150 e. The summed E-state index contributed by atoms with van der Waals surface area (Å²) < 4.78 is 5.75. The second kappa shape index (κ2) is 5.98. The van der Waals surface area contributed by atoms with E-state index in [2.05, 4.69) is 26.0 Å². The van der Waals surface area contributed by atoms with Gasteiger partial charge in [-0.2, -0.15) is 0 Å². The average molecular weight is 276 g/mol. The molecule has 2 nitrogen and oxygen atoms in total. The number of rotatable bonds is 4. The van der Waals surface area contributed by atoms with Crippen LogP contribution in [0.2, 0.25) is 5.02 Å². The third kappa shape index (κ3) is 3.42. The van der Waals surface area contributed by atoms with Crippen molar-refractivity contribution in [2.45, 2.75) is 26.2 Å². The standard InChI is InChI=1S/C16H18ClNO/c1-3-11(2)12-4-7-14(8-5-12)19-16-9-6-13(17)10-15(16)18/h4-11H,3,18H2,1-2H3/t11-/m0/s1. The van der Waals surface area contributed by atoms with Crippen molar-refractivity contribution in [3.63, 3.8) is 0 Å². The van der Waals surface area contributed by atoms with Gasteiger partial charge in [0.1, 0.15) is 11.5 Å². The van der Waals surface area contributed by atoms with E-state index in [-0.39, 0.29) is 0 Å². The van der Waals surface area contributed by atoms with Crippen LogP contribution in [0.25, 0.3) is 0 Å². The molecule has 0 bridgehead atoms. The highest BCUT2D eigenvalue weighted by Crippen LogP contribution is 2.30. The van der Waals surface area contributed by atoms with E-state index in [1.165, 1.54) is 5.56 Å². The first-order chi connectivity index (χ1) is 9.10. The Labute approximate surface area is 119 Å². The molecule has 0 unspecified atom stereocenters. The minimum Gasteiger partial charge on any atom is -0.455 e. The van der Waals surface area contributed by atoms with Crippen LogP contribution in [0.3, 0.4) is 0 Å². The topological polar surface area (TPSA) is 35.2 Å².